The van der Waals surface area contributed by atoms with Crippen molar-refractivity contribution in [3.63, 3.8) is 0 Å². The van der Waals surface area contributed by atoms with E-state index in [1.807, 2.05) is 19.9 Å². The molecule has 1 N–H and O–H groups in total. The molecule has 2 aromatic carbocycles. The Hall–Kier alpha value is -2.31. The molecule has 1 aromatic heterocycles. The van der Waals surface area contributed by atoms with E-state index in [0.717, 1.165) is 23.3 Å². The summed E-state index contributed by atoms with van der Waals surface area (Å²) >= 11 is 0. The fraction of sp³-hybridized carbons (Fsp3) is 0.364. The molecule has 0 fully saturated rings. The lowest BCUT2D eigenvalue weighted by Crippen LogP contribution is -2.37. The van der Waals surface area contributed by atoms with Gasteiger partial charge in [0.2, 0.25) is 9.84 Å². The second-order valence-electron chi connectivity index (χ2n) is 8.19. The number of ether oxygens (including phenoxy) is 1. The van der Waals surface area contributed by atoms with Gasteiger partial charge in [-0.1, -0.05) is 19.9 Å². The lowest BCUT2D eigenvalue weighted by molar-refractivity contribution is 0.242. The molecule has 3 aromatic rings. The number of sulfone groups is 1. The summed E-state index contributed by atoms with van der Waals surface area (Å²) in [5, 5.41) is 4.34. The highest BCUT2D eigenvalue weighted by Crippen LogP contribution is 2.39. The third-order valence-corrected chi connectivity index (χ3v) is 6.81. The van der Waals surface area contributed by atoms with Crippen LogP contribution in [0.5, 0.6) is 5.75 Å². The Bertz CT molecular complexity index is 1140. The smallest absolute Gasteiger partial charge is 0.206 e. The van der Waals surface area contributed by atoms with Crippen LogP contribution in [0.15, 0.2) is 56.7 Å². The van der Waals surface area contributed by atoms with Crippen LogP contribution in [0, 0.1) is 0 Å². The first kappa shape index (κ1) is 19.0. The number of benzene rings is 2. The molecule has 28 heavy (non-hydrogen) atoms. The van der Waals surface area contributed by atoms with Gasteiger partial charge in [0.1, 0.15) is 17.1 Å². The van der Waals surface area contributed by atoms with Crippen LogP contribution in [0.3, 0.4) is 0 Å². The highest BCUT2D eigenvalue weighted by molar-refractivity contribution is 7.91. The number of fused-ring (bicyclic) bond motifs is 3. The molecule has 148 valence electrons. The SMILES string of the molecule is CC(C)Oc1cccc(S(=O)(=O)c2ccc3c4c(oc3c2)CNCC4(C)C)c1. The molecule has 5 nitrogen and oxygen atoms in total. The molecular weight excluding hydrogens is 374 g/mol. The minimum atomic E-state index is -3.67. The quantitative estimate of drug-likeness (QED) is 0.703. The molecule has 0 unspecified atom stereocenters. The van der Waals surface area contributed by atoms with Crippen LogP contribution in [0.25, 0.3) is 11.0 Å². The van der Waals surface area contributed by atoms with Gasteiger partial charge in [0.15, 0.2) is 0 Å². The summed E-state index contributed by atoms with van der Waals surface area (Å²) in [6.45, 7) is 9.66. The summed E-state index contributed by atoms with van der Waals surface area (Å²) in [6, 6.07) is 11.8. The summed E-state index contributed by atoms with van der Waals surface area (Å²) in [6.07, 6.45) is -0.0271. The Morgan fingerprint density at radius 1 is 1.11 bits per heavy atom. The van der Waals surface area contributed by atoms with Crippen molar-refractivity contribution in [1.82, 2.24) is 5.32 Å². The summed E-state index contributed by atoms with van der Waals surface area (Å²) in [7, 11) is -3.67. The average Bonchev–Trinajstić information content (AvgIpc) is 3.00. The second kappa shape index (κ2) is 6.64. The number of hydrogen-bond donors (Lipinski definition) is 1. The zero-order valence-electron chi connectivity index (χ0n) is 16.6. The van der Waals surface area contributed by atoms with Crippen molar-refractivity contribution in [2.45, 2.75) is 55.5 Å². The standard InChI is InChI=1S/C22H25NO4S/c1-14(2)26-15-6-5-7-16(10-15)28(24,25)17-8-9-18-19(11-17)27-20-12-23-13-22(3,4)21(18)20/h5-11,14,23H,12-13H2,1-4H3. The Morgan fingerprint density at radius 3 is 2.61 bits per heavy atom. The minimum absolute atomic E-state index is 0.0271. The van der Waals surface area contributed by atoms with Crippen LogP contribution in [0.4, 0.5) is 0 Å². The first-order valence-electron chi connectivity index (χ1n) is 9.47. The molecule has 6 heteroatoms. The maximum absolute atomic E-state index is 13.2. The number of furan rings is 1. The molecule has 0 spiro atoms. The maximum atomic E-state index is 13.2. The normalized spacial score (nSPS) is 16.3. The number of nitrogens with one attached hydrogen (secondary N) is 1. The Labute approximate surface area is 165 Å². The topological polar surface area (TPSA) is 68.5 Å². The van der Waals surface area contributed by atoms with Crippen LogP contribution < -0.4 is 10.1 Å². The van der Waals surface area contributed by atoms with E-state index in [1.54, 1.807) is 36.4 Å². The van der Waals surface area contributed by atoms with Gasteiger partial charge < -0.3 is 14.5 Å². The van der Waals surface area contributed by atoms with Gasteiger partial charge in [0.25, 0.3) is 0 Å². The summed E-state index contributed by atoms with van der Waals surface area (Å²) in [4.78, 5) is 0.432. The van der Waals surface area contributed by atoms with E-state index in [4.69, 9.17) is 9.15 Å². The van der Waals surface area contributed by atoms with E-state index >= 15 is 0 Å². The Balaban J connectivity index is 1.79. The van der Waals surface area contributed by atoms with E-state index in [-0.39, 0.29) is 21.3 Å². The van der Waals surface area contributed by atoms with Crippen LogP contribution in [0.1, 0.15) is 39.0 Å². The van der Waals surface area contributed by atoms with Crippen molar-refractivity contribution in [2.24, 2.45) is 0 Å². The molecule has 4 rings (SSSR count). The Kier molecular flexibility index (Phi) is 4.51. The van der Waals surface area contributed by atoms with Gasteiger partial charge in [-0.25, -0.2) is 8.42 Å². The fourth-order valence-corrected chi connectivity index (χ4v) is 5.17. The summed E-state index contributed by atoms with van der Waals surface area (Å²) in [5.74, 6) is 1.42. The Morgan fingerprint density at radius 2 is 1.86 bits per heavy atom. The van der Waals surface area contributed by atoms with Crippen molar-refractivity contribution in [3.8, 4) is 5.75 Å². The van der Waals surface area contributed by atoms with Gasteiger partial charge in [-0.2, -0.15) is 0 Å². The molecule has 0 saturated heterocycles. The third kappa shape index (κ3) is 3.20. The van der Waals surface area contributed by atoms with Crippen molar-refractivity contribution in [2.75, 3.05) is 6.54 Å². The van der Waals surface area contributed by atoms with E-state index < -0.39 is 9.84 Å². The molecule has 0 amide bonds. The van der Waals surface area contributed by atoms with E-state index in [9.17, 15) is 8.42 Å². The monoisotopic (exact) mass is 399 g/mol. The third-order valence-electron chi connectivity index (χ3n) is 5.06. The summed E-state index contributed by atoms with van der Waals surface area (Å²) in [5.41, 5.74) is 1.71. The molecular formula is C22H25NO4S. The lowest BCUT2D eigenvalue weighted by atomic mass is 9.80. The van der Waals surface area contributed by atoms with Crippen LogP contribution in [0.2, 0.25) is 0 Å². The zero-order valence-corrected chi connectivity index (χ0v) is 17.4. The van der Waals surface area contributed by atoms with Gasteiger partial charge in [-0.15, -0.1) is 0 Å². The predicted octanol–water partition coefficient (Wildman–Crippen LogP) is 4.43. The highest BCUT2D eigenvalue weighted by atomic mass is 32.2. The highest BCUT2D eigenvalue weighted by Gasteiger charge is 2.33. The molecule has 0 aliphatic carbocycles. The fourth-order valence-electron chi connectivity index (χ4n) is 3.86. The second-order valence-corrected chi connectivity index (χ2v) is 10.1. The molecule has 1 aliphatic rings. The van der Waals surface area contributed by atoms with Crippen molar-refractivity contribution >= 4 is 20.8 Å². The van der Waals surface area contributed by atoms with Crippen molar-refractivity contribution < 1.29 is 17.6 Å². The van der Waals surface area contributed by atoms with E-state index in [0.29, 0.717) is 17.9 Å². The van der Waals surface area contributed by atoms with Gasteiger partial charge in [-0.05, 0) is 44.2 Å². The number of rotatable bonds is 4. The molecule has 0 bridgehead atoms. The zero-order chi connectivity index (χ0) is 20.1. The molecule has 2 heterocycles. The molecule has 0 atom stereocenters. The van der Waals surface area contributed by atoms with Crippen molar-refractivity contribution in [1.29, 1.82) is 0 Å². The van der Waals surface area contributed by atoms with E-state index in [1.165, 1.54) is 0 Å². The van der Waals surface area contributed by atoms with Crippen LogP contribution in [-0.4, -0.2) is 21.1 Å². The molecule has 1 aliphatic heterocycles. The summed E-state index contributed by atoms with van der Waals surface area (Å²) < 4.78 is 38.0. The van der Waals surface area contributed by atoms with Crippen molar-refractivity contribution in [3.05, 3.63) is 53.8 Å². The largest absolute Gasteiger partial charge is 0.491 e. The van der Waals surface area contributed by atoms with Crippen LogP contribution >= 0.6 is 0 Å². The first-order chi connectivity index (χ1) is 13.2. The molecule has 0 saturated carbocycles. The van der Waals surface area contributed by atoms with Gasteiger partial charge in [-0.3, -0.25) is 0 Å². The molecule has 0 radical (unpaired) electrons. The van der Waals surface area contributed by atoms with Gasteiger partial charge in [0, 0.05) is 29.0 Å². The minimum Gasteiger partial charge on any atom is -0.491 e. The lowest BCUT2D eigenvalue weighted by Gasteiger charge is -2.30. The van der Waals surface area contributed by atoms with E-state index in [2.05, 4.69) is 19.2 Å². The van der Waals surface area contributed by atoms with Crippen LogP contribution in [-0.2, 0) is 21.8 Å². The van der Waals surface area contributed by atoms with Gasteiger partial charge in [0.05, 0.1) is 22.4 Å². The maximum Gasteiger partial charge on any atom is 0.206 e. The first-order valence-corrected chi connectivity index (χ1v) is 11.0. The number of hydrogen-bond acceptors (Lipinski definition) is 5. The average molecular weight is 400 g/mol. The van der Waals surface area contributed by atoms with Gasteiger partial charge >= 0.3 is 0 Å². The predicted molar refractivity (Wildman–Crippen MR) is 109 cm³/mol.